The van der Waals surface area contributed by atoms with E-state index < -0.39 is 5.41 Å². The van der Waals surface area contributed by atoms with E-state index in [0.717, 1.165) is 31.2 Å². The van der Waals surface area contributed by atoms with Crippen molar-refractivity contribution >= 4 is 17.5 Å². The van der Waals surface area contributed by atoms with Crippen LogP contribution in [0.25, 0.3) is 0 Å². The normalized spacial score (nSPS) is 18.7. The predicted octanol–water partition coefficient (Wildman–Crippen LogP) is 2.53. The van der Waals surface area contributed by atoms with Crippen LogP contribution in [0, 0.1) is 0 Å². The lowest BCUT2D eigenvalue weighted by atomic mass is 9.69. The monoisotopic (exact) mass is 252 g/mol. The van der Waals surface area contributed by atoms with Gasteiger partial charge in [-0.15, -0.1) is 0 Å². The van der Waals surface area contributed by atoms with Gasteiger partial charge in [-0.25, -0.2) is 5.84 Å². The second-order valence-corrected chi connectivity index (χ2v) is 5.06. The van der Waals surface area contributed by atoms with E-state index in [1.54, 1.807) is 0 Å². The first-order valence-electron chi connectivity index (χ1n) is 5.96. The van der Waals surface area contributed by atoms with Gasteiger partial charge in [0.1, 0.15) is 0 Å². The standard InChI is InChI=1S/C13H17ClN2O/c14-11-6-4-10(5-7-11)13(12(17)16-15)8-2-1-3-9-13/h4-7H,1-3,8-9,15H2,(H,16,17). The van der Waals surface area contributed by atoms with E-state index in [2.05, 4.69) is 5.43 Å². The molecule has 17 heavy (non-hydrogen) atoms. The van der Waals surface area contributed by atoms with Gasteiger partial charge in [0, 0.05) is 5.02 Å². The summed E-state index contributed by atoms with van der Waals surface area (Å²) in [4.78, 5) is 12.1. The molecule has 1 fully saturated rings. The number of amides is 1. The number of halogens is 1. The summed E-state index contributed by atoms with van der Waals surface area (Å²) in [6, 6.07) is 7.53. The molecule has 0 atom stereocenters. The third-order valence-corrected chi connectivity index (χ3v) is 3.92. The van der Waals surface area contributed by atoms with Crippen molar-refractivity contribution in [3.8, 4) is 0 Å². The second-order valence-electron chi connectivity index (χ2n) is 4.62. The van der Waals surface area contributed by atoms with Crippen LogP contribution in [0.2, 0.25) is 5.02 Å². The molecule has 0 radical (unpaired) electrons. The van der Waals surface area contributed by atoms with Crippen molar-refractivity contribution < 1.29 is 4.79 Å². The van der Waals surface area contributed by atoms with Crippen molar-refractivity contribution in [2.24, 2.45) is 5.84 Å². The zero-order chi connectivity index (χ0) is 12.3. The summed E-state index contributed by atoms with van der Waals surface area (Å²) in [6.45, 7) is 0. The molecule has 0 bridgehead atoms. The number of hydrazine groups is 1. The number of benzene rings is 1. The summed E-state index contributed by atoms with van der Waals surface area (Å²) < 4.78 is 0. The lowest BCUT2D eigenvalue weighted by Crippen LogP contribution is -2.48. The van der Waals surface area contributed by atoms with Gasteiger partial charge in [0.2, 0.25) is 5.91 Å². The highest BCUT2D eigenvalue weighted by atomic mass is 35.5. The maximum absolute atomic E-state index is 12.1. The summed E-state index contributed by atoms with van der Waals surface area (Å²) in [7, 11) is 0. The number of carbonyl (C=O) groups excluding carboxylic acids is 1. The molecule has 1 aliphatic carbocycles. The Morgan fingerprint density at radius 2 is 1.76 bits per heavy atom. The molecule has 0 unspecified atom stereocenters. The molecule has 0 aliphatic heterocycles. The molecule has 0 spiro atoms. The third kappa shape index (κ3) is 2.31. The molecule has 1 aliphatic rings. The van der Waals surface area contributed by atoms with E-state index in [1.807, 2.05) is 24.3 Å². The molecule has 1 aromatic rings. The second kappa shape index (κ2) is 5.07. The van der Waals surface area contributed by atoms with Gasteiger partial charge >= 0.3 is 0 Å². The number of carbonyl (C=O) groups is 1. The largest absolute Gasteiger partial charge is 0.293 e. The zero-order valence-corrected chi connectivity index (χ0v) is 10.5. The van der Waals surface area contributed by atoms with E-state index in [1.165, 1.54) is 6.42 Å². The van der Waals surface area contributed by atoms with Crippen molar-refractivity contribution in [1.82, 2.24) is 5.43 Å². The van der Waals surface area contributed by atoms with Crippen molar-refractivity contribution in [3.63, 3.8) is 0 Å². The number of nitrogens with two attached hydrogens (primary N) is 1. The summed E-state index contributed by atoms with van der Waals surface area (Å²) in [6.07, 6.45) is 5.04. The van der Waals surface area contributed by atoms with Crippen LogP contribution in [-0.2, 0) is 10.2 Å². The number of hydrogen-bond acceptors (Lipinski definition) is 2. The highest BCUT2D eigenvalue weighted by molar-refractivity contribution is 6.30. The van der Waals surface area contributed by atoms with Crippen LogP contribution in [0.1, 0.15) is 37.7 Å². The van der Waals surface area contributed by atoms with E-state index in [9.17, 15) is 4.79 Å². The first-order chi connectivity index (χ1) is 8.19. The van der Waals surface area contributed by atoms with Crippen LogP contribution < -0.4 is 11.3 Å². The van der Waals surface area contributed by atoms with E-state index >= 15 is 0 Å². The van der Waals surface area contributed by atoms with E-state index in [-0.39, 0.29) is 5.91 Å². The van der Waals surface area contributed by atoms with Crippen LogP contribution in [0.4, 0.5) is 0 Å². The molecule has 0 aromatic heterocycles. The number of hydrogen-bond donors (Lipinski definition) is 2. The Bertz CT molecular complexity index is 396. The van der Waals surface area contributed by atoms with Gasteiger partial charge < -0.3 is 0 Å². The van der Waals surface area contributed by atoms with Gasteiger partial charge in [-0.05, 0) is 30.5 Å². The Labute approximate surface area is 106 Å². The Morgan fingerprint density at radius 3 is 2.29 bits per heavy atom. The summed E-state index contributed by atoms with van der Waals surface area (Å²) >= 11 is 5.88. The molecule has 2 rings (SSSR count). The molecule has 1 aromatic carbocycles. The first-order valence-corrected chi connectivity index (χ1v) is 6.34. The summed E-state index contributed by atoms with van der Waals surface area (Å²) in [5, 5.41) is 0.688. The van der Waals surface area contributed by atoms with E-state index in [4.69, 9.17) is 17.4 Å². The SMILES string of the molecule is NNC(=O)C1(c2ccc(Cl)cc2)CCCCC1. The van der Waals surface area contributed by atoms with Gasteiger partial charge in [-0.1, -0.05) is 43.0 Å². The Morgan fingerprint density at radius 1 is 1.18 bits per heavy atom. The third-order valence-electron chi connectivity index (χ3n) is 3.67. The Kier molecular flexibility index (Phi) is 3.69. The lowest BCUT2D eigenvalue weighted by Gasteiger charge is -2.35. The molecular formula is C13H17ClN2O. The topological polar surface area (TPSA) is 55.1 Å². The molecule has 1 saturated carbocycles. The Hall–Kier alpha value is -1.06. The smallest absolute Gasteiger partial charge is 0.244 e. The zero-order valence-electron chi connectivity index (χ0n) is 9.71. The van der Waals surface area contributed by atoms with Crippen LogP contribution in [-0.4, -0.2) is 5.91 Å². The molecular weight excluding hydrogens is 236 g/mol. The molecule has 0 saturated heterocycles. The van der Waals surface area contributed by atoms with Gasteiger partial charge in [-0.3, -0.25) is 10.2 Å². The number of rotatable bonds is 2. The minimum Gasteiger partial charge on any atom is -0.293 e. The fourth-order valence-electron chi connectivity index (χ4n) is 2.71. The molecule has 0 heterocycles. The average Bonchev–Trinajstić information content (AvgIpc) is 2.39. The maximum atomic E-state index is 12.1. The average molecular weight is 253 g/mol. The molecule has 3 nitrogen and oxygen atoms in total. The van der Waals surface area contributed by atoms with Crippen molar-refractivity contribution in [1.29, 1.82) is 0 Å². The van der Waals surface area contributed by atoms with Gasteiger partial charge in [0.15, 0.2) is 0 Å². The van der Waals surface area contributed by atoms with E-state index in [0.29, 0.717) is 5.02 Å². The molecule has 92 valence electrons. The van der Waals surface area contributed by atoms with Gasteiger partial charge in [-0.2, -0.15) is 0 Å². The van der Waals surface area contributed by atoms with Crippen LogP contribution in [0.15, 0.2) is 24.3 Å². The van der Waals surface area contributed by atoms with Crippen molar-refractivity contribution in [3.05, 3.63) is 34.9 Å². The van der Waals surface area contributed by atoms with Crippen LogP contribution in [0.5, 0.6) is 0 Å². The molecule has 4 heteroatoms. The minimum absolute atomic E-state index is 0.0838. The quantitative estimate of drug-likeness (QED) is 0.483. The fraction of sp³-hybridized carbons (Fsp3) is 0.462. The highest BCUT2D eigenvalue weighted by Crippen LogP contribution is 2.39. The van der Waals surface area contributed by atoms with Crippen LogP contribution in [0.3, 0.4) is 0 Å². The number of nitrogens with one attached hydrogen (secondary N) is 1. The summed E-state index contributed by atoms with van der Waals surface area (Å²) in [5.41, 5.74) is 2.87. The molecule has 3 N–H and O–H groups in total. The minimum atomic E-state index is -0.461. The first kappa shape index (κ1) is 12.4. The van der Waals surface area contributed by atoms with Gasteiger partial charge in [0.25, 0.3) is 0 Å². The van der Waals surface area contributed by atoms with Crippen molar-refractivity contribution in [2.45, 2.75) is 37.5 Å². The summed E-state index contributed by atoms with van der Waals surface area (Å²) in [5.74, 6) is 5.25. The fourth-order valence-corrected chi connectivity index (χ4v) is 2.84. The highest BCUT2D eigenvalue weighted by Gasteiger charge is 2.40. The molecule has 1 amide bonds. The predicted molar refractivity (Wildman–Crippen MR) is 68.5 cm³/mol. The lowest BCUT2D eigenvalue weighted by molar-refractivity contribution is -0.128. The van der Waals surface area contributed by atoms with Crippen LogP contribution >= 0.6 is 11.6 Å². The van der Waals surface area contributed by atoms with Gasteiger partial charge in [0.05, 0.1) is 5.41 Å². The maximum Gasteiger partial charge on any atom is 0.244 e. The van der Waals surface area contributed by atoms with Crippen molar-refractivity contribution in [2.75, 3.05) is 0 Å². The Balaban J connectivity index is 2.38.